The van der Waals surface area contributed by atoms with E-state index in [-0.39, 0.29) is 19.1 Å². The maximum absolute atomic E-state index is 10.8. The molecule has 0 unspecified atom stereocenters. The number of nitrogens with one attached hydrogen (secondary N) is 1. The maximum Gasteiger partial charge on any atom is 0.228 e. The second-order valence-corrected chi connectivity index (χ2v) is 2.57. The van der Waals surface area contributed by atoms with Crippen LogP contribution < -0.4 is 5.32 Å². The first-order chi connectivity index (χ1) is 5.25. The molecule has 2 N–H and O–H groups in total. The fraction of sp³-hybridized carbons (Fsp3) is 0.222. The molecular formula is C9H11NO2. The molecule has 0 bridgehead atoms. The van der Waals surface area contributed by atoms with Gasteiger partial charge in [-0.05, 0) is 23.8 Å². The Labute approximate surface area is 71.0 Å². The number of anilines is 1. The minimum Gasteiger partial charge on any atom is -0.508 e. The van der Waals surface area contributed by atoms with Crippen LogP contribution in [-0.4, -0.2) is 11.0 Å². The monoisotopic (exact) mass is 165 g/mol. The first kappa shape index (κ1) is 8.59. The van der Waals surface area contributed by atoms with Crippen LogP contribution in [0.2, 0.25) is 0 Å². The summed E-state index contributed by atoms with van der Waals surface area (Å²) < 4.78 is 0. The fourth-order valence-corrected chi connectivity index (χ4v) is 1.22. The molecule has 2 rings (SSSR count). The van der Waals surface area contributed by atoms with Crippen LogP contribution in [0.1, 0.15) is 13.0 Å². The van der Waals surface area contributed by atoms with Crippen LogP contribution in [0.3, 0.4) is 0 Å². The molecule has 0 radical (unpaired) electrons. The lowest BCUT2D eigenvalue weighted by molar-refractivity contribution is -0.115. The van der Waals surface area contributed by atoms with Crippen molar-refractivity contribution < 1.29 is 9.90 Å². The van der Waals surface area contributed by atoms with Crippen LogP contribution >= 0.6 is 0 Å². The van der Waals surface area contributed by atoms with Gasteiger partial charge in [0.25, 0.3) is 0 Å². The van der Waals surface area contributed by atoms with Crippen molar-refractivity contribution in [3.05, 3.63) is 23.8 Å². The van der Waals surface area contributed by atoms with Crippen LogP contribution in [0.5, 0.6) is 5.75 Å². The smallest absolute Gasteiger partial charge is 0.228 e. The largest absolute Gasteiger partial charge is 0.508 e. The first-order valence-corrected chi connectivity index (χ1v) is 3.37. The molecular weight excluding hydrogens is 154 g/mol. The van der Waals surface area contributed by atoms with Gasteiger partial charge in [-0.1, -0.05) is 7.43 Å². The molecule has 1 heterocycles. The third-order valence-electron chi connectivity index (χ3n) is 1.71. The molecule has 12 heavy (non-hydrogen) atoms. The summed E-state index contributed by atoms with van der Waals surface area (Å²) in [5, 5.41) is 11.7. The zero-order valence-corrected chi connectivity index (χ0v) is 5.79. The summed E-state index contributed by atoms with van der Waals surface area (Å²) in [4.78, 5) is 10.8. The van der Waals surface area contributed by atoms with E-state index in [2.05, 4.69) is 5.32 Å². The number of benzene rings is 1. The van der Waals surface area contributed by atoms with E-state index in [1.165, 1.54) is 0 Å². The van der Waals surface area contributed by atoms with Gasteiger partial charge in [0.1, 0.15) is 5.75 Å². The van der Waals surface area contributed by atoms with Gasteiger partial charge in [-0.3, -0.25) is 4.79 Å². The van der Waals surface area contributed by atoms with Crippen molar-refractivity contribution in [2.45, 2.75) is 13.8 Å². The van der Waals surface area contributed by atoms with Crippen molar-refractivity contribution in [2.75, 3.05) is 5.32 Å². The van der Waals surface area contributed by atoms with E-state index in [0.29, 0.717) is 6.42 Å². The highest BCUT2D eigenvalue weighted by Crippen LogP contribution is 2.25. The molecule has 1 aromatic carbocycles. The molecule has 0 aliphatic carbocycles. The van der Waals surface area contributed by atoms with Crippen molar-refractivity contribution in [3.63, 3.8) is 0 Å². The van der Waals surface area contributed by atoms with Crippen LogP contribution in [-0.2, 0) is 11.2 Å². The van der Waals surface area contributed by atoms with Crippen molar-refractivity contribution >= 4 is 11.6 Å². The van der Waals surface area contributed by atoms with Gasteiger partial charge in [0.05, 0.1) is 6.42 Å². The summed E-state index contributed by atoms with van der Waals surface area (Å²) in [6.07, 6.45) is 0.379. The Bertz CT molecular complexity index is 320. The average Bonchev–Trinajstić information content (AvgIpc) is 2.27. The molecule has 1 aliphatic rings. The van der Waals surface area contributed by atoms with Gasteiger partial charge in [-0.2, -0.15) is 0 Å². The van der Waals surface area contributed by atoms with Crippen LogP contribution in [0.15, 0.2) is 18.2 Å². The second kappa shape index (κ2) is 2.85. The molecule has 0 fully saturated rings. The van der Waals surface area contributed by atoms with E-state index >= 15 is 0 Å². The molecule has 1 amide bonds. The van der Waals surface area contributed by atoms with E-state index < -0.39 is 0 Å². The van der Waals surface area contributed by atoms with Gasteiger partial charge < -0.3 is 10.4 Å². The second-order valence-electron chi connectivity index (χ2n) is 2.57. The van der Waals surface area contributed by atoms with Crippen molar-refractivity contribution in [1.82, 2.24) is 0 Å². The predicted octanol–water partition coefficient (Wildman–Crippen LogP) is 1.52. The number of carbonyl (C=O) groups is 1. The number of hydrogen-bond donors (Lipinski definition) is 2. The Morgan fingerprint density at radius 2 is 2.17 bits per heavy atom. The molecule has 0 saturated heterocycles. The third-order valence-corrected chi connectivity index (χ3v) is 1.71. The molecule has 0 aromatic heterocycles. The Balaban J connectivity index is 0.000000720. The Hall–Kier alpha value is -1.51. The van der Waals surface area contributed by atoms with E-state index in [9.17, 15) is 4.79 Å². The highest BCUT2D eigenvalue weighted by molar-refractivity contribution is 5.99. The molecule has 64 valence electrons. The summed E-state index contributed by atoms with van der Waals surface area (Å²) in [6, 6.07) is 4.87. The van der Waals surface area contributed by atoms with E-state index in [4.69, 9.17) is 5.11 Å². The van der Waals surface area contributed by atoms with Gasteiger partial charge in [0, 0.05) is 5.69 Å². The molecule has 0 spiro atoms. The summed E-state index contributed by atoms with van der Waals surface area (Å²) in [6.45, 7) is 0. The molecule has 3 nitrogen and oxygen atoms in total. The number of hydrogen-bond acceptors (Lipinski definition) is 2. The number of aromatic hydroxyl groups is 1. The SMILES string of the molecule is C.O=C1Cc2cc(O)ccc2N1. The molecule has 1 aromatic rings. The quantitative estimate of drug-likeness (QED) is 0.572. The maximum atomic E-state index is 10.8. The van der Waals surface area contributed by atoms with Crippen LogP contribution in [0, 0.1) is 0 Å². The van der Waals surface area contributed by atoms with Gasteiger partial charge in [0.15, 0.2) is 0 Å². The van der Waals surface area contributed by atoms with E-state index in [1.807, 2.05) is 0 Å². The minimum absolute atomic E-state index is 0. The zero-order chi connectivity index (χ0) is 7.84. The van der Waals surface area contributed by atoms with Crippen molar-refractivity contribution in [2.24, 2.45) is 0 Å². The summed E-state index contributed by atoms with van der Waals surface area (Å²) in [7, 11) is 0. The lowest BCUT2D eigenvalue weighted by atomic mass is 10.1. The molecule has 0 saturated carbocycles. The summed E-state index contributed by atoms with van der Waals surface area (Å²) in [5.74, 6) is 0.200. The first-order valence-electron chi connectivity index (χ1n) is 3.37. The zero-order valence-electron chi connectivity index (χ0n) is 5.79. The third kappa shape index (κ3) is 1.25. The minimum atomic E-state index is -0.00870. The standard InChI is InChI=1S/C8H7NO2.CH4/c10-6-1-2-7-5(3-6)4-8(11)9-7;/h1-3,10H,4H2,(H,9,11);1H4. The summed E-state index contributed by atoms with van der Waals surface area (Å²) >= 11 is 0. The Morgan fingerprint density at radius 3 is 2.92 bits per heavy atom. The number of amides is 1. The number of phenols is 1. The number of carbonyl (C=O) groups excluding carboxylic acids is 1. The summed E-state index contributed by atoms with van der Waals surface area (Å²) in [5.41, 5.74) is 1.68. The molecule has 1 aliphatic heterocycles. The van der Waals surface area contributed by atoms with Gasteiger partial charge >= 0.3 is 0 Å². The van der Waals surface area contributed by atoms with E-state index in [0.717, 1.165) is 11.3 Å². The van der Waals surface area contributed by atoms with Crippen molar-refractivity contribution in [3.8, 4) is 5.75 Å². The van der Waals surface area contributed by atoms with Gasteiger partial charge in [-0.25, -0.2) is 0 Å². The van der Waals surface area contributed by atoms with Crippen LogP contribution in [0.25, 0.3) is 0 Å². The van der Waals surface area contributed by atoms with Crippen molar-refractivity contribution in [1.29, 1.82) is 0 Å². The lowest BCUT2D eigenvalue weighted by Gasteiger charge is -1.96. The van der Waals surface area contributed by atoms with E-state index in [1.54, 1.807) is 18.2 Å². The highest BCUT2D eigenvalue weighted by Gasteiger charge is 2.16. The molecule has 0 atom stereocenters. The molecule has 3 heteroatoms. The number of fused-ring (bicyclic) bond motifs is 1. The highest BCUT2D eigenvalue weighted by atomic mass is 16.3. The predicted molar refractivity (Wildman–Crippen MR) is 47.2 cm³/mol. The van der Waals surface area contributed by atoms with Gasteiger partial charge in [-0.15, -0.1) is 0 Å². The topological polar surface area (TPSA) is 49.3 Å². The van der Waals surface area contributed by atoms with Gasteiger partial charge in [0.2, 0.25) is 5.91 Å². The number of rotatable bonds is 0. The van der Waals surface area contributed by atoms with Crippen LogP contribution in [0.4, 0.5) is 5.69 Å². The normalized spacial score (nSPS) is 13.2. The Kier molecular flexibility index (Phi) is 2.04. The average molecular weight is 165 g/mol. The Morgan fingerprint density at radius 1 is 1.42 bits per heavy atom. The number of phenolic OH excluding ortho intramolecular Hbond substituents is 1. The fourth-order valence-electron chi connectivity index (χ4n) is 1.22. The lowest BCUT2D eigenvalue weighted by Crippen LogP contribution is -2.03.